The second-order valence-electron chi connectivity index (χ2n) is 13.6. The molecule has 0 saturated carbocycles. The van der Waals surface area contributed by atoms with Crippen LogP contribution in [-0.4, -0.2) is 59.2 Å². The highest BCUT2D eigenvalue weighted by atomic mass is 16.6. The molecule has 4 amide bonds. The van der Waals surface area contributed by atoms with Crippen LogP contribution in [0.15, 0.2) is 42.5 Å². The van der Waals surface area contributed by atoms with Gasteiger partial charge < -0.3 is 31.1 Å². The quantitative estimate of drug-likeness (QED) is 0.243. The molecule has 0 heterocycles. The molecule has 3 atom stereocenters. The van der Waals surface area contributed by atoms with Crippen molar-refractivity contribution in [2.24, 2.45) is 5.41 Å². The monoisotopic (exact) mass is 610 g/mol. The molecule has 0 aromatic heterocycles. The number of carbonyl (C=O) groups excluding carboxylic acids is 4. The van der Waals surface area contributed by atoms with E-state index in [1.54, 1.807) is 39.8 Å². The van der Waals surface area contributed by atoms with Crippen LogP contribution in [0.4, 0.5) is 4.79 Å². The van der Waals surface area contributed by atoms with Crippen LogP contribution in [-0.2, 0) is 32.0 Å². The van der Waals surface area contributed by atoms with Gasteiger partial charge in [0.25, 0.3) is 0 Å². The molecule has 2 aromatic carbocycles. The summed E-state index contributed by atoms with van der Waals surface area (Å²) in [6.07, 6.45) is 0.262. The maximum absolute atomic E-state index is 13.5. The van der Waals surface area contributed by atoms with Crippen molar-refractivity contribution in [2.75, 3.05) is 6.54 Å². The summed E-state index contributed by atoms with van der Waals surface area (Å²) < 4.78 is 5.40. The molecule has 2 aromatic rings. The van der Waals surface area contributed by atoms with Crippen LogP contribution in [0.5, 0.6) is 5.75 Å². The number of hydrogen-bond acceptors (Lipinski definition) is 6. The van der Waals surface area contributed by atoms with Crippen molar-refractivity contribution in [3.63, 3.8) is 0 Å². The van der Waals surface area contributed by atoms with Gasteiger partial charge >= 0.3 is 6.09 Å². The first-order chi connectivity index (χ1) is 20.3. The number of hydrogen-bond donors (Lipinski definition) is 5. The van der Waals surface area contributed by atoms with Gasteiger partial charge in [0.2, 0.25) is 17.7 Å². The van der Waals surface area contributed by atoms with Gasteiger partial charge in [-0.2, -0.15) is 0 Å². The number of benzene rings is 2. The SMILES string of the molecule is Cc1cc(O)cc(C)c1C[C@H](NC(=O)CC(C)(C)C)C(=O)N[C@H](C)C(=O)NC[C@H](Cc1ccccc1)NC(=O)OC(C)(C)C. The Kier molecular flexibility index (Phi) is 12.8. The number of amides is 4. The topological polar surface area (TPSA) is 146 Å². The van der Waals surface area contributed by atoms with Gasteiger partial charge in [-0.25, -0.2) is 4.79 Å². The third-order valence-electron chi connectivity index (χ3n) is 6.75. The highest BCUT2D eigenvalue weighted by Gasteiger charge is 2.28. The molecule has 0 saturated heterocycles. The molecule has 10 nitrogen and oxygen atoms in total. The fourth-order valence-corrected chi connectivity index (χ4v) is 4.74. The Balaban J connectivity index is 2.14. The molecule has 0 spiro atoms. The Morgan fingerprint density at radius 2 is 1.43 bits per heavy atom. The first kappa shape index (κ1) is 36.1. The second kappa shape index (κ2) is 15.6. The van der Waals surface area contributed by atoms with Crippen LogP contribution in [0.25, 0.3) is 0 Å². The number of rotatable bonds is 12. The summed E-state index contributed by atoms with van der Waals surface area (Å²) in [5.74, 6) is -1.10. The number of phenols is 1. The zero-order valence-electron chi connectivity index (χ0n) is 27.6. The summed E-state index contributed by atoms with van der Waals surface area (Å²) in [5.41, 5.74) is 2.41. The minimum atomic E-state index is -0.943. The van der Waals surface area contributed by atoms with Gasteiger partial charge in [-0.3, -0.25) is 14.4 Å². The highest BCUT2D eigenvalue weighted by Crippen LogP contribution is 2.23. The van der Waals surface area contributed by atoms with E-state index in [0.717, 1.165) is 22.3 Å². The molecule has 0 radical (unpaired) electrons. The Hall–Kier alpha value is -4.08. The smallest absolute Gasteiger partial charge is 0.407 e. The number of aryl methyl sites for hydroxylation is 2. The van der Waals surface area contributed by atoms with Crippen LogP contribution >= 0.6 is 0 Å². The van der Waals surface area contributed by atoms with E-state index in [1.165, 1.54) is 0 Å². The minimum absolute atomic E-state index is 0.102. The average Bonchev–Trinajstić information content (AvgIpc) is 2.86. The van der Waals surface area contributed by atoms with Crippen LogP contribution < -0.4 is 21.3 Å². The van der Waals surface area contributed by atoms with Crippen molar-refractivity contribution in [3.8, 4) is 5.75 Å². The number of ether oxygens (including phenoxy) is 1. The molecule has 0 fully saturated rings. The summed E-state index contributed by atoms with van der Waals surface area (Å²) in [6.45, 7) is 16.5. The van der Waals surface area contributed by atoms with Gasteiger partial charge in [-0.1, -0.05) is 51.1 Å². The van der Waals surface area contributed by atoms with Gasteiger partial charge in [0.1, 0.15) is 23.4 Å². The predicted molar refractivity (Wildman–Crippen MR) is 171 cm³/mol. The van der Waals surface area contributed by atoms with Crippen molar-refractivity contribution >= 4 is 23.8 Å². The zero-order chi connectivity index (χ0) is 33.2. The number of aromatic hydroxyl groups is 1. The Labute approximate surface area is 261 Å². The number of phenolic OH excluding ortho intramolecular Hbond substituents is 1. The Morgan fingerprint density at radius 1 is 0.841 bits per heavy atom. The second-order valence-corrected chi connectivity index (χ2v) is 13.6. The summed E-state index contributed by atoms with van der Waals surface area (Å²) >= 11 is 0. The third-order valence-corrected chi connectivity index (χ3v) is 6.75. The molecule has 0 aliphatic carbocycles. The van der Waals surface area contributed by atoms with Crippen molar-refractivity contribution in [1.29, 1.82) is 0 Å². The average molecular weight is 611 g/mol. The number of nitrogens with one attached hydrogen (secondary N) is 4. The maximum atomic E-state index is 13.5. The lowest BCUT2D eigenvalue weighted by molar-refractivity contribution is -0.132. The maximum Gasteiger partial charge on any atom is 0.407 e. The summed E-state index contributed by atoms with van der Waals surface area (Å²) in [5, 5.41) is 21.2. The fraction of sp³-hybridized carbons (Fsp3) is 0.529. The molecule has 2 rings (SSSR count). The lowest BCUT2D eigenvalue weighted by Crippen LogP contribution is -2.55. The Bertz CT molecular complexity index is 1270. The molecule has 0 aliphatic rings. The lowest BCUT2D eigenvalue weighted by atomic mass is 9.91. The predicted octanol–water partition coefficient (Wildman–Crippen LogP) is 4.23. The molecule has 242 valence electrons. The third kappa shape index (κ3) is 13.1. The molecule has 10 heteroatoms. The van der Waals surface area contributed by atoms with Crippen molar-refractivity contribution < 1.29 is 29.0 Å². The molecule has 0 bridgehead atoms. The highest BCUT2D eigenvalue weighted by molar-refractivity contribution is 5.92. The van der Waals surface area contributed by atoms with Crippen molar-refractivity contribution in [3.05, 3.63) is 64.7 Å². The standard InChI is InChI=1S/C34H50N4O6/c1-21-15-26(39)16-22(2)27(21)18-28(38-29(40)19-33(4,5)6)31(42)36-23(3)30(41)35-20-25(17-24-13-11-10-12-14-24)37-32(43)44-34(7,8)9/h10-16,23,25,28,39H,17-20H2,1-9H3,(H,35,41)(H,36,42)(H,37,43)(H,38,40)/t23-,25+,28+/m1/s1. The summed E-state index contributed by atoms with van der Waals surface area (Å²) in [6, 6.07) is 10.4. The summed E-state index contributed by atoms with van der Waals surface area (Å²) in [4.78, 5) is 51.9. The van der Waals surface area contributed by atoms with Gasteiger partial charge in [0.05, 0.1) is 6.04 Å². The lowest BCUT2D eigenvalue weighted by Gasteiger charge is -2.26. The van der Waals surface area contributed by atoms with E-state index in [1.807, 2.05) is 65.0 Å². The molecular formula is C34H50N4O6. The fourth-order valence-electron chi connectivity index (χ4n) is 4.74. The van der Waals surface area contributed by atoms with E-state index < -0.39 is 41.6 Å². The van der Waals surface area contributed by atoms with Crippen LogP contribution in [0.3, 0.4) is 0 Å². The molecule has 44 heavy (non-hydrogen) atoms. The van der Waals surface area contributed by atoms with Crippen LogP contribution in [0.1, 0.15) is 77.1 Å². The van der Waals surface area contributed by atoms with E-state index in [4.69, 9.17) is 4.74 Å². The summed E-state index contributed by atoms with van der Waals surface area (Å²) in [7, 11) is 0. The Morgan fingerprint density at radius 3 is 1.98 bits per heavy atom. The largest absolute Gasteiger partial charge is 0.508 e. The molecule has 0 aliphatic heterocycles. The molecular weight excluding hydrogens is 560 g/mol. The van der Waals surface area contributed by atoms with E-state index in [-0.39, 0.29) is 36.5 Å². The number of alkyl carbamates (subject to hydrolysis) is 1. The van der Waals surface area contributed by atoms with E-state index in [2.05, 4.69) is 21.3 Å². The van der Waals surface area contributed by atoms with Gasteiger partial charge in [-0.05, 0) is 87.8 Å². The van der Waals surface area contributed by atoms with Crippen LogP contribution in [0, 0.1) is 19.3 Å². The van der Waals surface area contributed by atoms with Crippen molar-refractivity contribution in [1.82, 2.24) is 21.3 Å². The molecule has 0 unspecified atom stereocenters. The molecule has 5 N–H and O–H groups in total. The van der Waals surface area contributed by atoms with Crippen LogP contribution in [0.2, 0.25) is 0 Å². The zero-order valence-corrected chi connectivity index (χ0v) is 27.6. The first-order valence-corrected chi connectivity index (χ1v) is 15.0. The van der Waals surface area contributed by atoms with Gasteiger partial charge in [-0.15, -0.1) is 0 Å². The minimum Gasteiger partial charge on any atom is -0.508 e. The first-order valence-electron chi connectivity index (χ1n) is 15.0. The van der Waals surface area contributed by atoms with E-state index >= 15 is 0 Å². The van der Waals surface area contributed by atoms with Crippen molar-refractivity contribution in [2.45, 2.75) is 105 Å². The van der Waals surface area contributed by atoms with E-state index in [9.17, 15) is 24.3 Å². The number of carbonyl (C=O) groups is 4. The van der Waals surface area contributed by atoms with E-state index in [0.29, 0.717) is 6.42 Å². The van der Waals surface area contributed by atoms with Gasteiger partial charge in [0, 0.05) is 19.4 Å². The normalized spacial score (nSPS) is 13.7. The van der Waals surface area contributed by atoms with Gasteiger partial charge in [0.15, 0.2) is 0 Å².